The highest BCUT2D eigenvalue weighted by Crippen LogP contribution is 2.30. The molecular formula is C12H15N3O2S. The zero-order chi connectivity index (χ0) is 13.8. The monoisotopic (exact) mass is 265 g/mol. The van der Waals surface area contributed by atoms with Gasteiger partial charge in [0.25, 0.3) is 0 Å². The minimum absolute atomic E-state index is 0.355. The van der Waals surface area contributed by atoms with Crippen LogP contribution in [-0.4, -0.2) is 26.8 Å². The van der Waals surface area contributed by atoms with Crippen molar-refractivity contribution in [3.05, 3.63) is 29.6 Å². The number of pyridine rings is 1. The van der Waals surface area contributed by atoms with E-state index in [9.17, 15) is 4.79 Å². The van der Waals surface area contributed by atoms with Crippen molar-refractivity contribution in [2.24, 2.45) is 5.73 Å². The Kier molecular flexibility index (Phi) is 4.70. The summed E-state index contributed by atoms with van der Waals surface area (Å²) in [4.78, 5) is 14.7. The molecule has 96 valence electrons. The van der Waals surface area contributed by atoms with Crippen molar-refractivity contribution in [3.63, 3.8) is 0 Å². The molecule has 0 saturated carbocycles. The minimum atomic E-state index is -1.01. The zero-order valence-electron chi connectivity index (χ0n) is 10.3. The summed E-state index contributed by atoms with van der Waals surface area (Å²) in [6.07, 6.45) is 1.57. The number of nitriles is 1. The number of nitrogens with two attached hydrogens (primary N) is 1. The van der Waals surface area contributed by atoms with Gasteiger partial charge in [0, 0.05) is 16.7 Å². The van der Waals surface area contributed by atoms with Crippen LogP contribution >= 0.6 is 11.8 Å². The van der Waals surface area contributed by atoms with E-state index in [-0.39, 0.29) is 0 Å². The van der Waals surface area contributed by atoms with Gasteiger partial charge in [0.15, 0.2) is 0 Å². The van der Waals surface area contributed by atoms with Crippen LogP contribution in [0.3, 0.4) is 0 Å². The molecule has 0 aromatic carbocycles. The summed E-state index contributed by atoms with van der Waals surface area (Å²) in [6.45, 7) is 3.59. The molecule has 1 aromatic rings. The molecule has 0 saturated heterocycles. The van der Waals surface area contributed by atoms with Gasteiger partial charge in [0.05, 0.1) is 0 Å². The van der Waals surface area contributed by atoms with Crippen molar-refractivity contribution >= 4 is 17.7 Å². The molecule has 1 atom stereocenters. The average molecular weight is 265 g/mol. The number of aromatic nitrogens is 1. The van der Waals surface area contributed by atoms with Crippen LogP contribution in [0.15, 0.2) is 18.3 Å². The molecule has 1 heterocycles. The molecule has 1 rings (SSSR count). The average Bonchev–Trinajstić information content (AvgIpc) is 2.35. The lowest BCUT2D eigenvalue weighted by molar-refractivity contribution is -0.139. The number of hydrogen-bond donors (Lipinski definition) is 2. The lowest BCUT2D eigenvalue weighted by Crippen LogP contribution is -2.46. The Hall–Kier alpha value is -1.58. The lowest BCUT2D eigenvalue weighted by atomic mass is 10.1. The molecule has 0 spiro atoms. The van der Waals surface area contributed by atoms with E-state index in [1.165, 1.54) is 11.8 Å². The number of aliphatic carboxylic acids is 1. The molecule has 3 N–H and O–H groups in total. The molecule has 0 amide bonds. The molecule has 5 nitrogen and oxygen atoms in total. The Bertz CT molecular complexity index is 482. The van der Waals surface area contributed by atoms with E-state index in [0.29, 0.717) is 11.4 Å². The first-order chi connectivity index (χ1) is 8.36. The summed E-state index contributed by atoms with van der Waals surface area (Å²) in [5.41, 5.74) is 6.91. The van der Waals surface area contributed by atoms with E-state index in [1.807, 2.05) is 6.07 Å². The third kappa shape index (κ3) is 3.72. The summed E-state index contributed by atoms with van der Waals surface area (Å²) < 4.78 is -0.581. The van der Waals surface area contributed by atoms with Crippen LogP contribution in [0, 0.1) is 11.3 Å². The van der Waals surface area contributed by atoms with Gasteiger partial charge in [-0.05, 0) is 31.5 Å². The second-order valence-corrected chi connectivity index (χ2v) is 6.00. The molecule has 0 unspecified atom stereocenters. The lowest BCUT2D eigenvalue weighted by Gasteiger charge is -2.27. The highest BCUT2D eigenvalue weighted by atomic mass is 32.2. The van der Waals surface area contributed by atoms with Crippen LogP contribution < -0.4 is 5.73 Å². The highest BCUT2D eigenvalue weighted by molar-refractivity contribution is 7.99. The number of nitrogens with zero attached hydrogens (tertiary/aromatic N) is 2. The Balaban J connectivity index is 2.70. The summed E-state index contributed by atoms with van der Waals surface area (Å²) in [6, 6.07) is 4.53. The van der Waals surface area contributed by atoms with Gasteiger partial charge < -0.3 is 10.8 Å². The van der Waals surface area contributed by atoms with Crippen molar-refractivity contribution < 1.29 is 9.90 Å². The van der Waals surface area contributed by atoms with Gasteiger partial charge >= 0.3 is 5.97 Å². The van der Waals surface area contributed by atoms with E-state index in [2.05, 4.69) is 4.98 Å². The molecule has 0 bridgehead atoms. The smallest absolute Gasteiger partial charge is 0.321 e. The van der Waals surface area contributed by atoms with E-state index in [4.69, 9.17) is 16.1 Å². The Morgan fingerprint density at radius 3 is 2.94 bits per heavy atom. The van der Waals surface area contributed by atoms with Crippen molar-refractivity contribution in [1.29, 1.82) is 5.26 Å². The zero-order valence-corrected chi connectivity index (χ0v) is 11.1. The van der Waals surface area contributed by atoms with E-state index in [0.717, 1.165) is 5.56 Å². The van der Waals surface area contributed by atoms with Crippen LogP contribution in [0.5, 0.6) is 0 Å². The minimum Gasteiger partial charge on any atom is -0.480 e. The van der Waals surface area contributed by atoms with Crippen LogP contribution in [0.2, 0.25) is 0 Å². The fourth-order valence-electron chi connectivity index (χ4n) is 1.28. The third-order valence-electron chi connectivity index (χ3n) is 2.56. The number of rotatable bonds is 5. The quantitative estimate of drug-likeness (QED) is 0.834. The number of carboxylic acid groups (broad SMARTS) is 1. The number of carboxylic acids is 1. The largest absolute Gasteiger partial charge is 0.480 e. The van der Waals surface area contributed by atoms with Crippen LogP contribution in [0.1, 0.15) is 25.1 Å². The molecule has 0 fully saturated rings. The maximum atomic E-state index is 10.9. The Labute approximate surface area is 110 Å². The van der Waals surface area contributed by atoms with Gasteiger partial charge in [0.1, 0.15) is 17.8 Å². The number of thioether (sulfide) groups is 1. The number of carbonyl (C=O) groups is 1. The van der Waals surface area contributed by atoms with E-state index in [1.54, 1.807) is 32.2 Å². The predicted octanol–water partition coefficient (Wildman–Crippen LogP) is 1.38. The van der Waals surface area contributed by atoms with Gasteiger partial charge in [-0.3, -0.25) is 4.79 Å². The maximum Gasteiger partial charge on any atom is 0.321 e. The van der Waals surface area contributed by atoms with Crippen molar-refractivity contribution in [2.75, 3.05) is 0 Å². The van der Waals surface area contributed by atoms with Crippen molar-refractivity contribution in [3.8, 4) is 6.07 Å². The third-order valence-corrected chi connectivity index (χ3v) is 4.04. The molecule has 6 heteroatoms. The number of hydrogen-bond acceptors (Lipinski definition) is 5. The van der Waals surface area contributed by atoms with Crippen molar-refractivity contribution in [2.45, 2.75) is 30.4 Å². The maximum absolute atomic E-state index is 10.9. The fourth-order valence-corrected chi connectivity index (χ4v) is 2.28. The summed E-state index contributed by atoms with van der Waals surface area (Å²) in [7, 11) is 0. The standard InChI is InChI=1S/C12H15N3O2S/c1-12(2,10(14)11(16)17)18-7-8-3-4-15-9(5-8)6-13/h3-5,10H,7,14H2,1-2H3,(H,16,17)/t10-/m1/s1. The van der Waals surface area contributed by atoms with Crippen LogP contribution in [-0.2, 0) is 10.5 Å². The van der Waals surface area contributed by atoms with E-state index >= 15 is 0 Å². The molecule has 18 heavy (non-hydrogen) atoms. The molecule has 0 aliphatic carbocycles. The second-order valence-electron chi connectivity index (χ2n) is 4.37. The SMILES string of the molecule is CC(C)(SCc1ccnc(C#N)c1)[C@H](N)C(=O)O. The van der Waals surface area contributed by atoms with Crippen molar-refractivity contribution in [1.82, 2.24) is 4.98 Å². The van der Waals surface area contributed by atoms with Gasteiger partial charge in [-0.25, -0.2) is 4.98 Å². The Morgan fingerprint density at radius 1 is 1.72 bits per heavy atom. The Morgan fingerprint density at radius 2 is 2.39 bits per heavy atom. The van der Waals surface area contributed by atoms with E-state index < -0.39 is 16.8 Å². The summed E-state index contributed by atoms with van der Waals surface area (Å²) >= 11 is 1.44. The normalized spacial score (nSPS) is 12.8. The predicted molar refractivity (Wildman–Crippen MR) is 69.9 cm³/mol. The van der Waals surface area contributed by atoms with Gasteiger partial charge in [-0.1, -0.05) is 0 Å². The molecular weight excluding hydrogens is 250 g/mol. The topological polar surface area (TPSA) is 100 Å². The molecule has 0 radical (unpaired) electrons. The first-order valence-corrected chi connectivity index (χ1v) is 6.33. The van der Waals surface area contributed by atoms with Crippen LogP contribution in [0.4, 0.5) is 0 Å². The molecule has 0 aliphatic rings. The van der Waals surface area contributed by atoms with Gasteiger partial charge in [0.2, 0.25) is 0 Å². The van der Waals surface area contributed by atoms with Gasteiger partial charge in [-0.15, -0.1) is 11.8 Å². The van der Waals surface area contributed by atoms with Gasteiger partial charge in [-0.2, -0.15) is 5.26 Å². The fraction of sp³-hybridized carbons (Fsp3) is 0.417. The summed E-state index contributed by atoms with van der Waals surface area (Å²) in [5, 5.41) is 17.6. The molecule has 0 aliphatic heterocycles. The molecule has 1 aromatic heterocycles. The van der Waals surface area contributed by atoms with Crippen LogP contribution in [0.25, 0.3) is 0 Å². The first kappa shape index (κ1) is 14.5. The second kappa shape index (κ2) is 5.85. The first-order valence-electron chi connectivity index (χ1n) is 5.34. The highest BCUT2D eigenvalue weighted by Gasteiger charge is 2.32. The summed E-state index contributed by atoms with van der Waals surface area (Å²) in [5.74, 6) is -0.425.